The molecule has 3 fully saturated rings. The number of anilines is 1. The van der Waals surface area contributed by atoms with E-state index in [0.29, 0.717) is 17.5 Å². The van der Waals surface area contributed by atoms with Gasteiger partial charge in [-0.05, 0) is 51.3 Å². The standard InChI is InChI=1S/C21H26N6OS/c1-21-7-6-14(12-25(21)2)17(11-21)26(3)20-24-23-19(29-20)16-5-4-15(10-18(16)28)27-9-8-22-13-27/h4-5,8-10,13-14,17,28H,6-7,11-12H2,1-3H3/t14-,17+,21-/m1/s1. The van der Waals surface area contributed by atoms with Crippen LogP contribution in [0, 0.1) is 5.92 Å². The fourth-order valence-corrected chi connectivity index (χ4v) is 5.77. The van der Waals surface area contributed by atoms with E-state index in [1.165, 1.54) is 12.8 Å². The molecule has 0 amide bonds. The molecule has 3 atom stereocenters. The molecule has 0 unspecified atom stereocenters. The van der Waals surface area contributed by atoms with Gasteiger partial charge in [0.2, 0.25) is 5.13 Å². The van der Waals surface area contributed by atoms with Crippen molar-refractivity contribution in [1.29, 1.82) is 0 Å². The number of imidazole rings is 1. The number of piperidine rings is 2. The topological polar surface area (TPSA) is 70.3 Å². The van der Waals surface area contributed by atoms with Gasteiger partial charge in [-0.25, -0.2) is 4.98 Å². The molecule has 4 heterocycles. The summed E-state index contributed by atoms with van der Waals surface area (Å²) in [5, 5.41) is 21.1. The van der Waals surface area contributed by atoms with Crippen molar-refractivity contribution in [3.8, 4) is 22.0 Å². The summed E-state index contributed by atoms with van der Waals surface area (Å²) in [4.78, 5) is 8.89. The number of hydrogen-bond donors (Lipinski definition) is 1. The van der Waals surface area contributed by atoms with Crippen LogP contribution in [0.3, 0.4) is 0 Å². The minimum absolute atomic E-state index is 0.201. The predicted molar refractivity (Wildman–Crippen MR) is 115 cm³/mol. The molecular weight excluding hydrogens is 384 g/mol. The summed E-state index contributed by atoms with van der Waals surface area (Å²) in [5.74, 6) is 0.870. The van der Waals surface area contributed by atoms with Crippen molar-refractivity contribution < 1.29 is 5.11 Å². The second-order valence-electron chi connectivity index (χ2n) is 8.62. The van der Waals surface area contributed by atoms with E-state index in [9.17, 15) is 5.11 Å². The van der Waals surface area contributed by atoms with Gasteiger partial charge >= 0.3 is 0 Å². The van der Waals surface area contributed by atoms with Gasteiger partial charge in [-0.3, -0.25) is 0 Å². The van der Waals surface area contributed by atoms with E-state index >= 15 is 0 Å². The van der Waals surface area contributed by atoms with Gasteiger partial charge in [0.25, 0.3) is 0 Å². The summed E-state index contributed by atoms with van der Waals surface area (Å²) < 4.78 is 1.86. The molecule has 0 spiro atoms. The van der Waals surface area contributed by atoms with Gasteiger partial charge in [0, 0.05) is 43.6 Å². The number of aromatic hydroxyl groups is 1. The molecule has 2 aliphatic heterocycles. The number of phenols is 1. The van der Waals surface area contributed by atoms with E-state index < -0.39 is 0 Å². The van der Waals surface area contributed by atoms with Crippen LogP contribution in [-0.4, -0.2) is 62.0 Å². The van der Waals surface area contributed by atoms with Crippen LogP contribution in [0.4, 0.5) is 5.13 Å². The van der Waals surface area contributed by atoms with Gasteiger partial charge in [0.15, 0.2) is 5.01 Å². The number of rotatable bonds is 4. The van der Waals surface area contributed by atoms with Crippen molar-refractivity contribution in [2.75, 3.05) is 25.5 Å². The summed E-state index contributed by atoms with van der Waals surface area (Å²) in [6.45, 7) is 3.53. The SMILES string of the molecule is CN(c1nnc(-c2ccc(-n3ccnc3)cc2O)s1)[C@H]1C[C@@]2(C)CC[C@@H]1CN2C. The Bertz CT molecular complexity index is 1020. The molecule has 1 aromatic carbocycles. The minimum atomic E-state index is 0.201. The first-order valence-electron chi connectivity index (χ1n) is 10.0. The Morgan fingerprint density at radius 2 is 2.17 bits per heavy atom. The predicted octanol–water partition coefficient (Wildman–Crippen LogP) is 3.41. The zero-order valence-corrected chi connectivity index (χ0v) is 17.8. The Kier molecular flexibility index (Phi) is 4.36. The Labute approximate surface area is 174 Å². The van der Waals surface area contributed by atoms with Crippen molar-refractivity contribution in [3.63, 3.8) is 0 Å². The zero-order valence-electron chi connectivity index (χ0n) is 17.0. The Balaban J connectivity index is 1.38. The Hall–Kier alpha value is -2.45. The van der Waals surface area contributed by atoms with Crippen molar-refractivity contribution in [3.05, 3.63) is 36.9 Å². The summed E-state index contributed by atoms with van der Waals surface area (Å²) in [6, 6.07) is 6.08. The van der Waals surface area contributed by atoms with Crippen LogP contribution in [0.5, 0.6) is 5.75 Å². The van der Waals surface area contributed by atoms with Gasteiger partial charge in [-0.2, -0.15) is 0 Å². The molecule has 0 radical (unpaired) electrons. The van der Waals surface area contributed by atoms with Crippen LogP contribution >= 0.6 is 11.3 Å². The second kappa shape index (κ2) is 6.81. The van der Waals surface area contributed by atoms with Crippen LogP contribution in [0.15, 0.2) is 36.9 Å². The van der Waals surface area contributed by atoms with Crippen LogP contribution in [0.25, 0.3) is 16.3 Å². The molecule has 8 heteroatoms. The molecular formula is C21H26N6OS. The highest BCUT2D eigenvalue weighted by Gasteiger charge is 2.48. The quantitative estimate of drug-likeness (QED) is 0.711. The number of phenolic OH excluding ortho intramolecular Hbond substituents is 1. The first kappa shape index (κ1) is 18.6. The van der Waals surface area contributed by atoms with Crippen LogP contribution in [0.1, 0.15) is 26.2 Å². The number of nitrogens with zero attached hydrogens (tertiary/aromatic N) is 6. The molecule has 1 aliphatic carbocycles. The average Bonchev–Trinajstić information content (AvgIpc) is 3.40. The monoisotopic (exact) mass is 410 g/mol. The highest BCUT2D eigenvalue weighted by Crippen LogP contribution is 2.45. The molecule has 152 valence electrons. The average molecular weight is 411 g/mol. The van der Waals surface area contributed by atoms with Crippen LogP contribution in [0.2, 0.25) is 0 Å². The van der Waals surface area contributed by atoms with Crippen molar-refractivity contribution in [1.82, 2.24) is 24.6 Å². The minimum Gasteiger partial charge on any atom is -0.507 e. The third-order valence-electron chi connectivity index (χ3n) is 6.90. The third-order valence-corrected chi connectivity index (χ3v) is 7.95. The lowest BCUT2D eigenvalue weighted by atomic mass is 9.68. The van der Waals surface area contributed by atoms with Crippen molar-refractivity contribution in [2.24, 2.45) is 5.92 Å². The lowest BCUT2D eigenvalue weighted by Gasteiger charge is -2.56. The molecule has 6 rings (SSSR count). The summed E-state index contributed by atoms with van der Waals surface area (Å²) in [5.41, 5.74) is 1.85. The van der Waals surface area contributed by atoms with Gasteiger partial charge in [0.1, 0.15) is 5.75 Å². The zero-order chi connectivity index (χ0) is 20.2. The Morgan fingerprint density at radius 1 is 1.31 bits per heavy atom. The maximum absolute atomic E-state index is 10.6. The molecule has 3 aromatic rings. The number of aromatic nitrogens is 4. The van der Waals surface area contributed by atoms with Crippen molar-refractivity contribution >= 4 is 16.5 Å². The summed E-state index contributed by atoms with van der Waals surface area (Å²) in [6.07, 6.45) is 8.98. The van der Waals surface area contributed by atoms with Gasteiger partial charge in [0.05, 0.1) is 17.6 Å². The lowest BCUT2D eigenvalue weighted by molar-refractivity contribution is -0.0164. The second-order valence-corrected chi connectivity index (χ2v) is 9.58. The normalized spacial score (nSPS) is 26.7. The first-order valence-corrected chi connectivity index (χ1v) is 10.9. The molecule has 7 nitrogen and oxygen atoms in total. The van der Waals surface area contributed by atoms with Crippen molar-refractivity contribution in [2.45, 2.75) is 37.8 Å². The maximum atomic E-state index is 10.6. The van der Waals surface area contributed by atoms with Crippen LogP contribution < -0.4 is 4.90 Å². The molecule has 2 aromatic heterocycles. The van der Waals surface area contributed by atoms with E-state index in [2.05, 4.69) is 46.0 Å². The van der Waals surface area contributed by atoms with E-state index in [1.54, 1.807) is 29.9 Å². The van der Waals surface area contributed by atoms with Gasteiger partial charge in [-0.15, -0.1) is 10.2 Å². The molecule has 29 heavy (non-hydrogen) atoms. The summed E-state index contributed by atoms with van der Waals surface area (Å²) in [7, 11) is 4.39. The first-order chi connectivity index (χ1) is 13.9. The summed E-state index contributed by atoms with van der Waals surface area (Å²) >= 11 is 1.54. The van der Waals surface area contributed by atoms with E-state index in [4.69, 9.17) is 0 Å². The van der Waals surface area contributed by atoms with E-state index in [-0.39, 0.29) is 11.3 Å². The number of benzene rings is 1. The largest absolute Gasteiger partial charge is 0.507 e. The van der Waals surface area contributed by atoms with Crippen LogP contribution in [-0.2, 0) is 0 Å². The fourth-order valence-electron chi connectivity index (χ4n) is 4.88. The molecule has 2 saturated heterocycles. The van der Waals surface area contributed by atoms with E-state index in [1.807, 2.05) is 22.9 Å². The van der Waals surface area contributed by atoms with Gasteiger partial charge in [-0.1, -0.05) is 11.3 Å². The number of hydrogen-bond acceptors (Lipinski definition) is 7. The highest BCUT2D eigenvalue weighted by molar-refractivity contribution is 7.18. The number of fused-ring (bicyclic) bond motifs is 3. The highest BCUT2D eigenvalue weighted by atomic mass is 32.1. The van der Waals surface area contributed by atoms with Gasteiger partial charge < -0.3 is 19.5 Å². The van der Waals surface area contributed by atoms with E-state index in [0.717, 1.165) is 28.8 Å². The smallest absolute Gasteiger partial charge is 0.208 e. The fraction of sp³-hybridized carbons (Fsp3) is 0.476. The lowest BCUT2D eigenvalue weighted by Crippen LogP contribution is -2.63. The molecule has 1 N–H and O–H groups in total. The molecule has 1 saturated carbocycles. The Morgan fingerprint density at radius 3 is 2.86 bits per heavy atom. The molecule has 2 bridgehead atoms. The third kappa shape index (κ3) is 3.11. The molecule has 3 aliphatic rings. The maximum Gasteiger partial charge on any atom is 0.208 e.